The Bertz CT molecular complexity index is 266. The Balaban J connectivity index is 2.09. The molecule has 1 aliphatic heterocycles. The molecule has 0 aromatic heterocycles. The normalized spacial score (nSPS) is 33.0. The fraction of sp³-hybridized carbons (Fsp3) is 0.833. The maximum absolute atomic E-state index is 10.7. The van der Waals surface area contributed by atoms with Crippen molar-refractivity contribution in [3.63, 3.8) is 0 Å². The van der Waals surface area contributed by atoms with Gasteiger partial charge in [0.05, 0.1) is 11.5 Å². The predicted molar refractivity (Wildman–Crippen MR) is 35.3 cm³/mol. The fourth-order valence-corrected chi connectivity index (χ4v) is 4.07. The SMILES string of the molecule is O=C1CC2(C1)CS(=O)(=O)C2. The molecule has 0 atom stereocenters. The van der Waals surface area contributed by atoms with E-state index in [4.69, 9.17) is 0 Å². The van der Waals surface area contributed by atoms with Crippen molar-refractivity contribution in [1.29, 1.82) is 0 Å². The first kappa shape index (κ1) is 6.34. The molecular formula is C6H8O3S. The summed E-state index contributed by atoms with van der Waals surface area (Å²) in [6.07, 6.45) is 1.01. The number of Topliss-reactive ketones (excluding diaryl/α,β-unsaturated/α-hetero) is 1. The van der Waals surface area contributed by atoms with Crippen molar-refractivity contribution < 1.29 is 13.2 Å². The third-order valence-electron chi connectivity index (χ3n) is 2.20. The summed E-state index contributed by atoms with van der Waals surface area (Å²) >= 11 is 0. The first-order valence-electron chi connectivity index (χ1n) is 3.24. The second kappa shape index (κ2) is 1.44. The van der Waals surface area contributed by atoms with Gasteiger partial charge in [0.15, 0.2) is 9.84 Å². The molecule has 56 valence electrons. The Morgan fingerprint density at radius 3 is 2.00 bits per heavy atom. The Kier molecular flexibility index (Phi) is 0.915. The zero-order valence-corrected chi connectivity index (χ0v) is 6.28. The quantitative estimate of drug-likeness (QED) is 0.491. The summed E-state index contributed by atoms with van der Waals surface area (Å²) in [7, 11) is -2.73. The van der Waals surface area contributed by atoms with E-state index in [2.05, 4.69) is 0 Å². The summed E-state index contributed by atoms with van der Waals surface area (Å²) in [6, 6.07) is 0. The zero-order chi connectivity index (χ0) is 7.41. The molecule has 0 aromatic carbocycles. The van der Waals surface area contributed by atoms with Crippen molar-refractivity contribution in [3.05, 3.63) is 0 Å². The molecule has 0 amide bonds. The molecule has 2 rings (SSSR count). The monoisotopic (exact) mass is 160 g/mol. The molecular weight excluding hydrogens is 152 g/mol. The van der Waals surface area contributed by atoms with Crippen LogP contribution in [0.5, 0.6) is 0 Å². The standard InChI is InChI=1S/C6H8O3S/c7-5-1-6(2-5)3-10(8,9)4-6/h1-4H2. The minimum Gasteiger partial charge on any atom is -0.300 e. The zero-order valence-electron chi connectivity index (χ0n) is 5.46. The molecule has 10 heavy (non-hydrogen) atoms. The van der Waals surface area contributed by atoms with Gasteiger partial charge in [-0.1, -0.05) is 0 Å². The molecule has 1 saturated carbocycles. The lowest BCUT2D eigenvalue weighted by molar-refractivity contribution is -0.130. The van der Waals surface area contributed by atoms with Gasteiger partial charge in [0.25, 0.3) is 0 Å². The summed E-state index contributed by atoms with van der Waals surface area (Å²) in [5, 5.41) is 0. The lowest BCUT2D eigenvalue weighted by atomic mass is 9.70. The molecule has 2 aliphatic rings. The highest BCUT2D eigenvalue weighted by Crippen LogP contribution is 2.47. The van der Waals surface area contributed by atoms with Gasteiger partial charge in [0, 0.05) is 18.3 Å². The van der Waals surface area contributed by atoms with Crippen molar-refractivity contribution in [2.24, 2.45) is 5.41 Å². The molecule has 1 spiro atoms. The molecule has 0 N–H and O–H groups in total. The van der Waals surface area contributed by atoms with Gasteiger partial charge in [-0.2, -0.15) is 0 Å². The number of carbonyl (C=O) groups excluding carboxylic acids is 1. The maximum atomic E-state index is 10.7. The van der Waals surface area contributed by atoms with Gasteiger partial charge < -0.3 is 0 Å². The lowest BCUT2D eigenvalue weighted by Gasteiger charge is -2.46. The summed E-state index contributed by atoms with van der Waals surface area (Å²) in [6.45, 7) is 0. The second-order valence-electron chi connectivity index (χ2n) is 3.42. The van der Waals surface area contributed by atoms with Crippen molar-refractivity contribution in [2.75, 3.05) is 11.5 Å². The van der Waals surface area contributed by atoms with E-state index < -0.39 is 9.84 Å². The van der Waals surface area contributed by atoms with Crippen LogP contribution in [0, 0.1) is 5.41 Å². The average Bonchev–Trinajstić information content (AvgIpc) is 1.55. The van der Waals surface area contributed by atoms with E-state index in [0.29, 0.717) is 12.8 Å². The Morgan fingerprint density at radius 2 is 1.70 bits per heavy atom. The van der Waals surface area contributed by atoms with Crippen LogP contribution in [-0.4, -0.2) is 25.7 Å². The van der Waals surface area contributed by atoms with Gasteiger partial charge in [-0.25, -0.2) is 8.42 Å². The highest BCUT2D eigenvalue weighted by atomic mass is 32.2. The summed E-state index contributed by atoms with van der Waals surface area (Å²) in [5.74, 6) is 0.729. The van der Waals surface area contributed by atoms with Crippen molar-refractivity contribution in [1.82, 2.24) is 0 Å². The first-order valence-corrected chi connectivity index (χ1v) is 5.06. The van der Waals surface area contributed by atoms with Crippen molar-refractivity contribution in [3.8, 4) is 0 Å². The third kappa shape index (κ3) is 0.714. The average molecular weight is 160 g/mol. The topological polar surface area (TPSA) is 51.2 Å². The molecule has 3 nitrogen and oxygen atoms in total. The van der Waals surface area contributed by atoms with Gasteiger partial charge in [-0.15, -0.1) is 0 Å². The van der Waals surface area contributed by atoms with E-state index in [1.807, 2.05) is 0 Å². The van der Waals surface area contributed by atoms with Crippen LogP contribution < -0.4 is 0 Å². The van der Waals surface area contributed by atoms with Crippen LogP contribution in [-0.2, 0) is 14.6 Å². The molecule has 0 bridgehead atoms. The molecule has 4 heteroatoms. The number of rotatable bonds is 0. The van der Waals surface area contributed by atoms with Crippen LogP contribution in [0.2, 0.25) is 0 Å². The van der Waals surface area contributed by atoms with Crippen LogP contribution in [0.25, 0.3) is 0 Å². The Hall–Kier alpha value is -0.380. The number of hydrogen-bond donors (Lipinski definition) is 0. The van der Waals surface area contributed by atoms with Gasteiger partial charge in [-0.05, 0) is 0 Å². The van der Waals surface area contributed by atoms with Crippen molar-refractivity contribution in [2.45, 2.75) is 12.8 Å². The lowest BCUT2D eigenvalue weighted by Crippen LogP contribution is -2.56. The number of carbonyl (C=O) groups is 1. The molecule has 0 radical (unpaired) electrons. The predicted octanol–water partition coefficient (Wildman–Crippen LogP) is -0.236. The molecule has 1 aliphatic carbocycles. The first-order chi connectivity index (χ1) is 4.52. The van der Waals surface area contributed by atoms with E-state index in [9.17, 15) is 13.2 Å². The van der Waals surface area contributed by atoms with Gasteiger partial charge >= 0.3 is 0 Å². The molecule has 0 aromatic rings. The highest BCUT2D eigenvalue weighted by Gasteiger charge is 2.56. The number of ketones is 1. The van der Waals surface area contributed by atoms with E-state index in [0.717, 1.165) is 0 Å². The van der Waals surface area contributed by atoms with E-state index in [-0.39, 0.29) is 22.7 Å². The maximum Gasteiger partial charge on any atom is 0.151 e. The van der Waals surface area contributed by atoms with E-state index >= 15 is 0 Å². The molecule has 1 heterocycles. The minimum absolute atomic E-state index is 0.0874. The van der Waals surface area contributed by atoms with Crippen LogP contribution in [0.4, 0.5) is 0 Å². The van der Waals surface area contributed by atoms with Gasteiger partial charge in [0.1, 0.15) is 5.78 Å². The van der Waals surface area contributed by atoms with Crippen LogP contribution in [0.1, 0.15) is 12.8 Å². The highest BCUT2D eigenvalue weighted by molar-refractivity contribution is 7.92. The number of sulfone groups is 1. The smallest absolute Gasteiger partial charge is 0.151 e. The fourth-order valence-electron chi connectivity index (χ4n) is 1.88. The third-order valence-corrected chi connectivity index (χ3v) is 4.30. The van der Waals surface area contributed by atoms with Gasteiger partial charge in [-0.3, -0.25) is 4.79 Å². The molecule has 2 fully saturated rings. The van der Waals surface area contributed by atoms with E-state index in [1.54, 1.807) is 0 Å². The number of hydrogen-bond acceptors (Lipinski definition) is 3. The van der Waals surface area contributed by atoms with Crippen LogP contribution >= 0.6 is 0 Å². The summed E-state index contributed by atoms with van der Waals surface area (Å²) in [4.78, 5) is 10.5. The second-order valence-corrected chi connectivity index (χ2v) is 5.49. The van der Waals surface area contributed by atoms with Gasteiger partial charge in [0.2, 0.25) is 0 Å². The summed E-state index contributed by atoms with van der Waals surface area (Å²) in [5.41, 5.74) is -0.0874. The minimum atomic E-state index is -2.73. The Labute approximate surface area is 59.3 Å². The molecule has 1 saturated heterocycles. The van der Waals surface area contributed by atoms with E-state index in [1.165, 1.54) is 0 Å². The molecule has 0 unspecified atom stereocenters. The van der Waals surface area contributed by atoms with Crippen molar-refractivity contribution >= 4 is 15.6 Å². The van der Waals surface area contributed by atoms with Crippen LogP contribution in [0.15, 0.2) is 0 Å². The Morgan fingerprint density at radius 1 is 1.20 bits per heavy atom. The summed E-state index contributed by atoms with van der Waals surface area (Å²) < 4.78 is 21.4. The van der Waals surface area contributed by atoms with Crippen LogP contribution in [0.3, 0.4) is 0 Å². The largest absolute Gasteiger partial charge is 0.300 e.